The van der Waals surface area contributed by atoms with E-state index in [1.54, 1.807) is 0 Å². The molecule has 0 aromatic heterocycles. The fourth-order valence-corrected chi connectivity index (χ4v) is 4.38. The lowest BCUT2D eigenvalue weighted by Crippen LogP contribution is -2.54. The maximum absolute atomic E-state index is 12.3. The monoisotopic (exact) mass is 492 g/mol. The van der Waals surface area contributed by atoms with Crippen molar-refractivity contribution in [2.45, 2.75) is 25.7 Å². The number of piperazine rings is 1. The maximum atomic E-state index is 12.3. The van der Waals surface area contributed by atoms with Crippen LogP contribution in [-0.4, -0.2) is 111 Å². The number of carbonyl (C=O) groups excluding carboxylic acids is 1. The number of nitrogens with zero attached hydrogens (tertiary/aromatic N) is 5. The molecule has 1 unspecified atom stereocenters. The number of halogens is 1. The van der Waals surface area contributed by atoms with Gasteiger partial charge in [-0.05, 0) is 45.2 Å². The van der Waals surface area contributed by atoms with Crippen molar-refractivity contribution in [3.63, 3.8) is 0 Å². The summed E-state index contributed by atoms with van der Waals surface area (Å²) in [6, 6.07) is 0. The molecule has 156 valence electrons. The number of piperidine rings is 1. The molecule has 0 bridgehead atoms. The van der Waals surface area contributed by atoms with Gasteiger partial charge in [0.15, 0.2) is 5.96 Å². The molecule has 0 radical (unpaired) electrons. The molecule has 1 N–H and O–H groups in total. The van der Waals surface area contributed by atoms with E-state index in [2.05, 4.69) is 32.1 Å². The Morgan fingerprint density at radius 1 is 1.00 bits per heavy atom. The quantitative estimate of drug-likeness (QED) is 0.357. The molecule has 1 amide bonds. The lowest BCUT2D eigenvalue weighted by Gasteiger charge is -2.37. The van der Waals surface area contributed by atoms with Crippen LogP contribution in [0.5, 0.6) is 0 Å². The van der Waals surface area contributed by atoms with E-state index < -0.39 is 0 Å². The van der Waals surface area contributed by atoms with Gasteiger partial charge in [-0.3, -0.25) is 14.7 Å². The van der Waals surface area contributed by atoms with Gasteiger partial charge in [-0.15, -0.1) is 24.0 Å². The molecule has 3 saturated heterocycles. The van der Waals surface area contributed by atoms with Crippen molar-refractivity contribution in [1.29, 1.82) is 0 Å². The Labute approximate surface area is 181 Å². The molecule has 0 aromatic rings. The third-order valence-electron chi connectivity index (χ3n) is 5.97. The first-order valence-corrected chi connectivity index (χ1v) is 10.3. The van der Waals surface area contributed by atoms with Gasteiger partial charge >= 0.3 is 0 Å². The Kier molecular flexibility index (Phi) is 9.58. The second-order valence-corrected chi connectivity index (χ2v) is 8.05. The molecule has 0 saturated carbocycles. The predicted octanol–water partition coefficient (Wildman–Crippen LogP) is 0.762. The number of hydrogen-bond acceptors (Lipinski definition) is 4. The summed E-state index contributed by atoms with van der Waals surface area (Å²) in [6.45, 7) is 9.64. The van der Waals surface area contributed by atoms with Gasteiger partial charge in [-0.2, -0.15) is 0 Å². The first-order valence-electron chi connectivity index (χ1n) is 10.3. The second-order valence-electron chi connectivity index (χ2n) is 8.05. The van der Waals surface area contributed by atoms with Crippen LogP contribution in [0.1, 0.15) is 25.7 Å². The zero-order valence-electron chi connectivity index (χ0n) is 17.0. The SMILES string of the molecule is CN=C(NCC1CCCN(C)C1)N1CCN(CC(=O)N2CCCC2)CC1.I. The van der Waals surface area contributed by atoms with Gasteiger partial charge in [0, 0.05) is 59.4 Å². The van der Waals surface area contributed by atoms with Crippen LogP contribution >= 0.6 is 24.0 Å². The maximum Gasteiger partial charge on any atom is 0.236 e. The highest BCUT2D eigenvalue weighted by Crippen LogP contribution is 2.14. The van der Waals surface area contributed by atoms with Gasteiger partial charge in [-0.1, -0.05) is 0 Å². The number of aliphatic imine (C=N–C) groups is 1. The third kappa shape index (κ3) is 6.74. The Morgan fingerprint density at radius 2 is 1.70 bits per heavy atom. The van der Waals surface area contributed by atoms with Gasteiger partial charge in [0.05, 0.1) is 6.54 Å². The van der Waals surface area contributed by atoms with Crippen LogP contribution in [0.4, 0.5) is 0 Å². The van der Waals surface area contributed by atoms with E-state index in [1.807, 2.05) is 11.9 Å². The van der Waals surface area contributed by atoms with Gasteiger partial charge < -0.3 is 20.0 Å². The van der Waals surface area contributed by atoms with Crippen LogP contribution in [0.15, 0.2) is 4.99 Å². The Hall–Kier alpha value is -0.610. The van der Waals surface area contributed by atoms with Crippen molar-refractivity contribution < 1.29 is 4.79 Å². The number of carbonyl (C=O) groups is 1. The Balaban J connectivity index is 0.00000261. The van der Waals surface area contributed by atoms with Gasteiger partial charge in [0.2, 0.25) is 5.91 Å². The first kappa shape index (κ1) is 22.7. The number of hydrogen-bond donors (Lipinski definition) is 1. The van der Waals surface area contributed by atoms with Crippen LogP contribution in [0.2, 0.25) is 0 Å². The molecule has 3 rings (SSSR count). The largest absolute Gasteiger partial charge is 0.356 e. The van der Waals surface area contributed by atoms with E-state index in [9.17, 15) is 4.79 Å². The van der Waals surface area contributed by atoms with E-state index in [0.29, 0.717) is 18.4 Å². The Morgan fingerprint density at radius 3 is 2.33 bits per heavy atom. The van der Waals surface area contributed by atoms with Crippen LogP contribution in [0.25, 0.3) is 0 Å². The lowest BCUT2D eigenvalue weighted by atomic mass is 9.98. The van der Waals surface area contributed by atoms with E-state index >= 15 is 0 Å². The molecular formula is C19H37IN6O. The highest BCUT2D eigenvalue weighted by molar-refractivity contribution is 14.0. The van der Waals surface area contributed by atoms with Crippen molar-refractivity contribution in [1.82, 2.24) is 24.9 Å². The van der Waals surface area contributed by atoms with Crippen LogP contribution in [0, 0.1) is 5.92 Å². The van der Waals surface area contributed by atoms with Crippen molar-refractivity contribution in [2.75, 3.05) is 79.5 Å². The van der Waals surface area contributed by atoms with E-state index in [1.165, 1.54) is 25.9 Å². The predicted molar refractivity (Wildman–Crippen MR) is 121 cm³/mol. The minimum absolute atomic E-state index is 0. The summed E-state index contributed by atoms with van der Waals surface area (Å²) in [5.41, 5.74) is 0. The molecule has 8 heteroatoms. The molecule has 0 aliphatic carbocycles. The highest BCUT2D eigenvalue weighted by atomic mass is 127. The average molecular weight is 492 g/mol. The number of likely N-dealkylation sites (tertiary alicyclic amines) is 2. The first-order chi connectivity index (χ1) is 12.7. The summed E-state index contributed by atoms with van der Waals surface area (Å²) in [7, 11) is 4.09. The van der Waals surface area contributed by atoms with Crippen molar-refractivity contribution in [2.24, 2.45) is 10.9 Å². The van der Waals surface area contributed by atoms with Gasteiger partial charge in [0.1, 0.15) is 0 Å². The molecule has 0 aromatic carbocycles. The summed E-state index contributed by atoms with van der Waals surface area (Å²) < 4.78 is 0. The summed E-state index contributed by atoms with van der Waals surface area (Å²) in [4.78, 5) is 25.9. The van der Waals surface area contributed by atoms with E-state index in [4.69, 9.17) is 0 Å². The molecule has 3 aliphatic rings. The summed E-state index contributed by atoms with van der Waals surface area (Å²) in [5.74, 6) is 2.04. The molecule has 3 aliphatic heterocycles. The van der Waals surface area contributed by atoms with Crippen LogP contribution < -0.4 is 5.32 Å². The third-order valence-corrected chi connectivity index (χ3v) is 5.97. The number of amides is 1. The second kappa shape index (κ2) is 11.4. The lowest BCUT2D eigenvalue weighted by molar-refractivity contribution is -0.131. The molecule has 27 heavy (non-hydrogen) atoms. The number of rotatable bonds is 4. The van der Waals surface area contributed by atoms with Crippen molar-refractivity contribution in [3.8, 4) is 0 Å². The molecule has 0 spiro atoms. The van der Waals surface area contributed by atoms with Crippen LogP contribution in [-0.2, 0) is 4.79 Å². The normalized spacial score (nSPS) is 25.4. The highest BCUT2D eigenvalue weighted by Gasteiger charge is 2.25. The zero-order valence-corrected chi connectivity index (χ0v) is 19.4. The number of nitrogens with one attached hydrogen (secondary N) is 1. The minimum atomic E-state index is 0. The molecule has 7 nitrogen and oxygen atoms in total. The number of guanidine groups is 1. The summed E-state index contributed by atoms with van der Waals surface area (Å²) in [5, 5.41) is 3.59. The standard InChI is InChI=1S/C19H36N6O.HI/c1-20-19(21-14-17-6-5-7-22(2)15-17)25-12-10-23(11-13-25)16-18(26)24-8-3-4-9-24;/h17H,3-16H2,1-2H3,(H,20,21);1H. The Bertz CT molecular complexity index is 489. The van der Waals surface area contributed by atoms with Crippen molar-refractivity contribution >= 4 is 35.8 Å². The van der Waals surface area contributed by atoms with E-state index in [-0.39, 0.29) is 24.0 Å². The average Bonchev–Trinajstić information content (AvgIpc) is 3.18. The van der Waals surface area contributed by atoms with E-state index in [0.717, 1.165) is 64.6 Å². The molecule has 3 fully saturated rings. The molecule has 1 atom stereocenters. The molecule has 3 heterocycles. The minimum Gasteiger partial charge on any atom is -0.356 e. The van der Waals surface area contributed by atoms with Gasteiger partial charge in [0.25, 0.3) is 0 Å². The van der Waals surface area contributed by atoms with Crippen molar-refractivity contribution in [3.05, 3.63) is 0 Å². The smallest absolute Gasteiger partial charge is 0.236 e. The summed E-state index contributed by atoms with van der Waals surface area (Å²) >= 11 is 0. The zero-order chi connectivity index (χ0) is 18.4. The fourth-order valence-electron chi connectivity index (χ4n) is 4.38. The fraction of sp³-hybridized carbons (Fsp3) is 0.895. The van der Waals surface area contributed by atoms with Gasteiger partial charge in [-0.25, -0.2) is 0 Å². The molecular weight excluding hydrogens is 455 g/mol. The summed E-state index contributed by atoms with van der Waals surface area (Å²) in [6.07, 6.45) is 4.93. The van der Waals surface area contributed by atoms with Crippen LogP contribution in [0.3, 0.4) is 0 Å². The topological polar surface area (TPSA) is 54.4 Å².